The zero-order valence-corrected chi connectivity index (χ0v) is 60.2. The van der Waals surface area contributed by atoms with Crippen LogP contribution < -0.4 is 33.5 Å². The van der Waals surface area contributed by atoms with E-state index in [1.165, 1.54) is 78.6 Å². The lowest BCUT2D eigenvalue weighted by atomic mass is 9.89. The molecule has 6 aliphatic heterocycles. The van der Waals surface area contributed by atoms with Crippen molar-refractivity contribution in [1.29, 1.82) is 0 Å². The topological polar surface area (TPSA) is 415 Å². The van der Waals surface area contributed by atoms with Crippen LogP contribution in [0, 0.1) is 6.92 Å². The van der Waals surface area contributed by atoms with Crippen molar-refractivity contribution in [2.75, 3.05) is 70.1 Å². The summed E-state index contributed by atoms with van der Waals surface area (Å²) < 4.78 is 52.7. The smallest absolute Gasteiger partial charge is 0.416 e. The minimum atomic E-state index is -1.67. The highest BCUT2D eigenvalue weighted by Gasteiger charge is 2.49. The number of unbranched alkanes of at least 4 members (excludes halogenated alkanes) is 4. The molecule has 4 aromatic carbocycles. The molecule has 0 bridgehead atoms. The number of aliphatic hydroxyl groups excluding tert-OH is 8. The molecule has 0 aromatic heterocycles. The molecule has 0 radical (unpaired) electrons. The Balaban J connectivity index is 0.744. The number of Topliss-reactive ketones (excluding diaryl/α,β-unsaturated/α-hetero) is 3. The molecule has 6 heterocycles. The third-order valence-electron chi connectivity index (χ3n) is 20.2. The van der Waals surface area contributed by atoms with E-state index in [-0.39, 0.29) is 159 Å². The Morgan fingerprint density at radius 2 is 1.06 bits per heavy atom. The van der Waals surface area contributed by atoms with Crippen molar-refractivity contribution in [2.24, 2.45) is 0 Å². The van der Waals surface area contributed by atoms with Crippen molar-refractivity contribution in [3.63, 3.8) is 0 Å². The fourth-order valence-electron chi connectivity index (χ4n) is 14.2. The Kier molecular flexibility index (Phi) is 25.8. The zero-order valence-electron chi connectivity index (χ0n) is 60.2. The molecule has 4 fully saturated rings. The summed E-state index contributed by atoms with van der Waals surface area (Å²) in [5.74, 6) is -2.71. The Labute approximate surface area is 621 Å². The summed E-state index contributed by atoms with van der Waals surface area (Å²) >= 11 is 0. The van der Waals surface area contributed by atoms with Crippen LogP contribution in [0.3, 0.4) is 0 Å². The molecule has 0 spiro atoms. The standard InChI is InChI=1S/C77H91N5O26/c1-41-27-53-73(96)81(76(98)105-38-44-16-19-59(107-61-21-18-57(86)67(90)69(61)92)49(30-44)55(84)14-9-6-8-13-46(83)37-80-65(88)22-23-66(80)89)51-33-62(43(3)29-47(51)71(94)78(53)35-41)102-25-10-7-11-26-103-64-34-52-48(32-63(64)101-5)72(95)79-36-42(2)28-54(79)74(97)82(52)77(99)106-39-45-17-20-60(50(31-45)56(85)15-12-24-100-4)108-75-70(93)68(91)58(87)40-104-75/h16-17,19-20,22-23,29-34,53-54,57-58,61,67-70,73-75,86-87,90-93,96-97H,1-2,6-15,18,21,24-28,35-40H2,3-5H3/t53-,54-,57+,58+,61+,67-,68-,69-,70+,73?,74?,75-/m0/s1. The van der Waals surface area contributed by atoms with Gasteiger partial charge in [0, 0.05) is 70.4 Å². The lowest BCUT2D eigenvalue weighted by Crippen LogP contribution is -2.54. The maximum atomic E-state index is 14.6. The Morgan fingerprint density at radius 1 is 0.537 bits per heavy atom. The highest BCUT2D eigenvalue weighted by molar-refractivity contribution is 6.14. The second-order valence-corrected chi connectivity index (χ2v) is 27.9. The number of aryl methyl sites for hydroxylation is 1. The Morgan fingerprint density at radius 3 is 1.63 bits per heavy atom. The third kappa shape index (κ3) is 17.7. The number of ether oxygens (including phenoxy) is 9. The number of nitrogens with zero attached hydrogens (tertiary/aromatic N) is 5. The van der Waals surface area contributed by atoms with E-state index in [2.05, 4.69) is 13.2 Å². The number of rotatable bonds is 31. The second kappa shape index (κ2) is 35.1. The number of hydrogen-bond donors (Lipinski definition) is 8. The fourth-order valence-corrected chi connectivity index (χ4v) is 14.2. The number of aliphatic hydroxyl groups is 8. The van der Waals surface area contributed by atoms with Gasteiger partial charge >= 0.3 is 12.2 Å². The fraction of sp³-hybridized carbons (Fsp3) is 0.494. The summed E-state index contributed by atoms with van der Waals surface area (Å²) in [5, 5.41) is 86.7. The highest BCUT2D eigenvalue weighted by Crippen LogP contribution is 2.44. The first-order valence-corrected chi connectivity index (χ1v) is 36.0. The number of hydrogen-bond acceptors (Lipinski definition) is 26. The van der Waals surface area contributed by atoms with Gasteiger partial charge in [0.1, 0.15) is 67.1 Å². The average molecular weight is 1500 g/mol. The number of carbonyl (C=O) groups excluding carboxylic acids is 9. The number of benzene rings is 4. The number of amides is 6. The molecule has 4 aromatic rings. The van der Waals surface area contributed by atoms with Crippen molar-refractivity contribution in [2.45, 2.75) is 184 Å². The lowest BCUT2D eigenvalue weighted by Gasteiger charge is -2.35. The summed E-state index contributed by atoms with van der Waals surface area (Å²) in [4.78, 5) is 128. The van der Waals surface area contributed by atoms with E-state index >= 15 is 0 Å². The molecule has 6 amide bonds. The molecule has 12 atom stereocenters. The summed E-state index contributed by atoms with van der Waals surface area (Å²) in [6, 6.07) is 12.8. The molecular weight excluding hydrogens is 1410 g/mol. The molecule has 3 saturated heterocycles. The quantitative estimate of drug-likeness (QED) is 0.0145. The summed E-state index contributed by atoms with van der Waals surface area (Å²) in [5.41, 5.74) is 2.51. The molecule has 580 valence electrons. The van der Waals surface area contributed by atoms with E-state index in [0.717, 1.165) is 26.9 Å². The van der Waals surface area contributed by atoms with Crippen LogP contribution in [0.5, 0.6) is 28.7 Å². The van der Waals surface area contributed by atoms with E-state index in [0.29, 0.717) is 72.8 Å². The molecular formula is C77H91N5O26. The van der Waals surface area contributed by atoms with Crippen molar-refractivity contribution < 1.29 is 127 Å². The molecule has 1 saturated carbocycles. The van der Waals surface area contributed by atoms with E-state index in [9.17, 15) is 84.0 Å². The molecule has 8 N–H and O–H groups in total. The van der Waals surface area contributed by atoms with Crippen LogP contribution in [0.25, 0.3) is 0 Å². The number of ketones is 3. The van der Waals surface area contributed by atoms with Gasteiger partial charge in [-0.3, -0.25) is 38.5 Å². The van der Waals surface area contributed by atoms with Gasteiger partial charge in [-0.1, -0.05) is 42.9 Å². The highest BCUT2D eigenvalue weighted by atomic mass is 16.7. The number of carbonyl (C=O) groups is 9. The first-order valence-electron chi connectivity index (χ1n) is 36.0. The summed E-state index contributed by atoms with van der Waals surface area (Å²) in [6.07, 6.45) is -11.1. The number of fused-ring (bicyclic) bond motifs is 4. The van der Waals surface area contributed by atoms with Crippen molar-refractivity contribution in [3.05, 3.63) is 136 Å². The SMILES string of the molecule is C=C1C[C@H]2C(O)N(C(=O)OCc3ccc(O[C@@H]4CC[C@@H](O)[C@H](O)[C@H]4O)c(C(=O)CCCCCC(=O)CN4C(=O)C=CC4=O)c3)c3cc(OCCCCCOc4cc5c(cc4OC)C(=O)N4CC(=C)C[C@H]4C(O)N5C(=O)OCc4ccc(O[C@@H]5OC[C@@H](O)[C@H](O)[C@H]5O)c(C(=O)CCCOC)c4)c(C)cc3C(=O)N2C1. The van der Waals surface area contributed by atoms with Gasteiger partial charge in [0.15, 0.2) is 41.3 Å². The second-order valence-electron chi connectivity index (χ2n) is 27.9. The van der Waals surface area contributed by atoms with Gasteiger partial charge in [0.2, 0.25) is 6.29 Å². The van der Waals surface area contributed by atoms with E-state index in [1.54, 1.807) is 13.0 Å². The van der Waals surface area contributed by atoms with Crippen LogP contribution in [0.1, 0.15) is 148 Å². The zero-order chi connectivity index (χ0) is 77.4. The van der Waals surface area contributed by atoms with Crippen LogP contribution in [-0.2, 0) is 46.5 Å². The molecule has 31 nitrogen and oxygen atoms in total. The maximum Gasteiger partial charge on any atom is 0.416 e. The average Bonchev–Trinajstić information content (AvgIpc) is 1.59. The van der Waals surface area contributed by atoms with Crippen molar-refractivity contribution in [3.8, 4) is 28.7 Å². The normalized spacial score (nSPS) is 24.6. The molecule has 108 heavy (non-hydrogen) atoms. The first kappa shape index (κ1) is 79.4. The van der Waals surface area contributed by atoms with Gasteiger partial charge in [-0.05, 0) is 124 Å². The predicted molar refractivity (Wildman–Crippen MR) is 380 cm³/mol. The first-order chi connectivity index (χ1) is 51.7. The number of anilines is 2. The Bertz CT molecular complexity index is 4120. The number of methoxy groups -OCH3 is 2. The van der Waals surface area contributed by atoms with E-state index in [4.69, 9.17) is 42.6 Å². The van der Waals surface area contributed by atoms with Gasteiger partial charge in [0.05, 0.1) is 85.3 Å². The maximum absolute atomic E-state index is 14.6. The van der Waals surface area contributed by atoms with Crippen molar-refractivity contribution >= 4 is 64.5 Å². The van der Waals surface area contributed by atoms with Crippen LogP contribution in [-0.4, -0.2) is 243 Å². The van der Waals surface area contributed by atoms with Gasteiger partial charge in [0.25, 0.3) is 23.6 Å². The van der Waals surface area contributed by atoms with Crippen molar-refractivity contribution in [1.82, 2.24) is 14.7 Å². The van der Waals surface area contributed by atoms with Gasteiger partial charge in [-0.15, -0.1) is 0 Å². The molecule has 11 rings (SSSR count). The van der Waals surface area contributed by atoms with Gasteiger partial charge in [-0.2, -0.15) is 0 Å². The van der Waals surface area contributed by atoms with E-state index in [1.807, 2.05) is 0 Å². The van der Waals surface area contributed by atoms with Gasteiger partial charge < -0.3 is 93.3 Å². The van der Waals surface area contributed by atoms with E-state index < -0.39 is 134 Å². The van der Waals surface area contributed by atoms with Crippen LogP contribution in [0.2, 0.25) is 0 Å². The summed E-state index contributed by atoms with van der Waals surface area (Å²) in [6.45, 7) is 8.91. The predicted octanol–water partition coefficient (Wildman–Crippen LogP) is 4.80. The molecule has 2 unspecified atom stereocenters. The van der Waals surface area contributed by atoms with Crippen LogP contribution >= 0.6 is 0 Å². The molecule has 1 aliphatic carbocycles. The van der Waals surface area contributed by atoms with Crippen LogP contribution in [0.15, 0.2) is 97.1 Å². The van der Waals surface area contributed by atoms with Gasteiger partial charge in [-0.25, -0.2) is 19.4 Å². The minimum Gasteiger partial charge on any atom is -0.493 e. The molecule has 7 aliphatic rings. The number of imide groups is 1. The Hall–Kier alpha value is -9.67. The minimum absolute atomic E-state index is 0.00419. The monoisotopic (exact) mass is 1500 g/mol. The van der Waals surface area contributed by atoms with Crippen LogP contribution in [0.4, 0.5) is 21.0 Å². The summed E-state index contributed by atoms with van der Waals surface area (Å²) in [7, 11) is 2.87. The largest absolute Gasteiger partial charge is 0.493 e. The molecule has 31 heteroatoms. The lowest BCUT2D eigenvalue weighted by molar-refractivity contribution is -0.242. The third-order valence-corrected chi connectivity index (χ3v) is 20.2.